The summed E-state index contributed by atoms with van der Waals surface area (Å²) in [5.74, 6) is -0.302. The number of hydroxylamine groups is 1. The molecule has 1 aliphatic heterocycles. The molecule has 0 aromatic carbocycles. The smallest absolute Gasteiger partial charge is 0.407 e. The first-order chi connectivity index (χ1) is 16.6. The molecule has 4 N–H and O–H groups in total. The molecule has 2 fully saturated rings. The Morgan fingerprint density at radius 2 is 1.80 bits per heavy atom. The maximum absolute atomic E-state index is 12.5. The quantitative estimate of drug-likeness (QED) is 0.117. The molecule has 0 aromatic rings. The van der Waals surface area contributed by atoms with E-state index in [9.17, 15) is 9.59 Å². The van der Waals surface area contributed by atoms with Crippen LogP contribution in [0, 0.1) is 5.92 Å². The maximum atomic E-state index is 12.5. The molecule has 3 unspecified atom stereocenters. The van der Waals surface area contributed by atoms with Crippen LogP contribution < -0.4 is 16.1 Å². The molecule has 10 heteroatoms. The van der Waals surface area contributed by atoms with Crippen molar-refractivity contribution in [3.63, 3.8) is 0 Å². The monoisotopic (exact) mass is 499 g/mol. The minimum atomic E-state index is -0.518. The van der Waals surface area contributed by atoms with Gasteiger partial charge in [0.25, 0.3) is 0 Å². The minimum absolute atomic E-state index is 0.0641. The summed E-state index contributed by atoms with van der Waals surface area (Å²) < 4.78 is 23.9. The predicted molar refractivity (Wildman–Crippen MR) is 131 cm³/mol. The van der Waals surface area contributed by atoms with Crippen molar-refractivity contribution in [3.05, 3.63) is 11.6 Å². The van der Waals surface area contributed by atoms with E-state index in [2.05, 4.69) is 30.6 Å². The second kappa shape index (κ2) is 14.1. The van der Waals surface area contributed by atoms with Gasteiger partial charge in [0.15, 0.2) is 0 Å². The Bertz CT molecular complexity index is 705. The van der Waals surface area contributed by atoms with Crippen molar-refractivity contribution in [2.24, 2.45) is 5.92 Å². The van der Waals surface area contributed by atoms with E-state index in [1.54, 1.807) is 7.11 Å². The van der Waals surface area contributed by atoms with Crippen LogP contribution >= 0.6 is 0 Å². The normalized spacial score (nSPS) is 25.7. The third-order valence-corrected chi connectivity index (χ3v) is 6.79. The molecule has 10 nitrogen and oxygen atoms in total. The Balaban J connectivity index is 1.76. The van der Waals surface area contributed by atoms with E-state index in [-0.39, 0.29) is 36.2 Å². The van der Waals surface area contributed by atoms with Crippen LogP contribution in [0.2, 0.25) is 0 Å². The molecule has 0 radical (unpaired) electrons. The van der Waals surface area contributed by atoms with Crippen LogP contribution in [0.15, 0.2) is 11.6 Å². The van der Waals surface area contributed by atoms with Gasteiger partial charge in [0.2, 0.25) is 5.91 Å². The van der Waals surface area contributed by atoms with Gasteiger partial charge in [-0.3, -0.25) is 4.79 Å². The second-order valence-electron chi connectivity index (χ2n) is 10.2. The highest BCUT2D eigenvalue weighted by molar-refractivity contribution is 5.77. The molecule has 0 bridgehead atoms. The van der Waals surface area contributed by atoms with Crippen molar-refractivity contribution >= 4 is 12.0 Å². The summed E-state index contributed by atoms with van der Waals surface area (Å²) in [6, 6.07) is 0. The number of hydrogen-bond acceptors (Lipinski definition) is 8. The zero-order valence-corrected chi connectivity index (χ0v) is 22.0. The number of allylic oxidation sites excluding steroid dienone is 1. The minimum Gasteiger partial charge on any atom is -0.443 e. The van der Waals surface area contributed by atoms with Crippen molar-refractivity contribution in [1.82, 2.24) is 16.1 Å². The van der Waals surface area contributed by atoms with Gasteiger partial charge in [0, 0.05) is 26.1 Å². The number of ether oxygens (including phenoxy) is 4. The molecule has 4 atom stereocenters. The molecular weight excluding hydrogens is 454 g/mol. The highest BCUT2D eigenvalue weighted by atomic mass is 16.6. The van der Waals surface area contributed by atoms with Crippen molar-refractivity contribution in [2.75, 3.05) is 40.0 Å². The van der Waals surface area contributed by atoms with E-state index in [0.29, 0.717) is 32.7 Å². The van der Waals surface area contributed by atoms with Crippen LogP contribution in [0.3, 0.4) is 0 Å². The standard InChI is InChI=1S/C25H45N3O7/c1-18(2)11-15-33-24(3,4)22-21(32-5)19(10-12-25(22)17-34-25)35-23(30)27-14-9-7-6-8-13-26-20(29)16-28-31/h11,19,21-22,28,31H,6-10,12-17H2,1-5H3,(H,26,29)(H,27,30)/t19?,21?,22?,25-/m0/s1. The zero-order chi connectivity index (χ0) is 25.9. The number of methoxy groups -OCH3 is 1. The molecule has 1 aliphatic carbocycles. The maximum Gasteiger partial charge on any atom is 0.407 e. The Labute approximate surface area is 209 Å². The number of amides is 2. The number of hydrogen-bond donors (Lipinski definition) is 4. The summed E-state index contributed by atoms with van der Waals surface area (Å²) in [4.78, 5) is 23.7. The van der Waals surface area contributed by atoms with Crippen molar-refractivity contribution in [2.45, 2.75) is 89.6 Å². The molecule has 1 saturated carbocycles. The van der Waals surface area contributed by atoms with Gasteiger partial charge >= 0.3 is 6.09 Å². The van der Waals surface area contributed by atoms with Gasteiger partial charge in [-0.2, -0.15) is 5.48 Å². The van der Waals surface area contributed by atoms with Crippen LogP contribution in [0.1, 0.15) is 66.2 Å². The first kappa shape index (κ1) is 29.5. The van der Waals surface area contributed by atoms with Crippen molar-refractivity contribution < 1.29 is 33.7 Å². The fraction of sp³-hybridized carbons (Fsp3) is 0.840. The molecule has 35 heavy (non-hydrogen) atoms. The van der Waals surface area contributed by atoms with Crippen molar-refractivity contribution in [1.29, 1.82) is 0 Å². The van der Waals surface area contributed by atoms with Gasteiger partial charge in [-0.25, -0.2) is 4.79 Å². The molecule has 2 rings (SSSR count). The Kier molecular flexibility index (Phi) is 11.9. The van der Waals surface area contributed by atoms with Gasteiger partial charge in [0.05, 0.1) is 31.0 Å². The summed E-state index contributed by atoms with van der Waals surface area (Å²) in [5, 5.41) is 14.0. The van der Waals surface area contributed by atoms with Gasteiger partial charge in [0.1, 0.15) is 12.2 Å². The van der Waals surface area contributed by atoms with Gasteiger partial charge < -0.3 is 34.8 Å². The SMILES string of the molecule is COC1C(OC(=O)NCCCCCCNC(=O)CNO)CC[C@]2(CO2)C1C(C)(C)OCC=C(C)C. The average Bonchev–Trinajstić information content (AvgIpc) is 3.55. The molecule has 2 aliphatic rings. The highest BCUT2D eigenvalue weighted by Crippen LogP contribution is 2.52. The molecular formula is C25H45N3O7. The van der Waals surface area contributed by atoms with E-state index in [0.717, 1.165) is 32.1 Å². The molecule has 202 valence electrons. The lowest BCUT2D eigenvalue weighted by Gasteiger charge is -2.47. The lowest BCUT2D eigenvalue weighted by molar-refractivity contribution is -0.172. The van der Waals surface area contributed by atoms with Crippen LogP contribution in [-0.2, 0) is 23.7 Å². The Hall–Kier alpha value is -1.72. The Morgan fingerprint density at radius 3 is 2.37 bits per heavy atom. The first-order valence-electron chi connectivity index (χ1n) is 12.7. The summed E-state index contributed by atoms with van der Waals surface area (Å²) >= 11 is 0. The lowest BCUT2D eigenvalue weighted by atomic mass is 9.68. The highest BCUT2D eigenvalue weighted by Gasteiger charge is 2.64. The molecule has 2 amide bonds. The van der Waals surface area contributed by atoms with Crippen LogP contribution in [0.25, 0.3) is 0 Å². The van der Waals surface area contributed by atoms with E-state index in [1.165, 1.54) is 5.57 Å². The number of rotatable bonds is 15. The summed E-state index contributed by atoms with van der Waals surface area (Å²) in [5.41, 5.74) is 2.23. The fourth-order valence-corrected chi connectivity index (χ4v) is 4.93. The molecule has 1 heterocycles. The third-order valence-electron chi connectivity index (χ3n) is 6.79. The third kappa shape index (κ3) is 9.34. The first-order valence-corrected chi connectivity index (χ1v) is 12.7. The number of carbonyl (C=O) groups excluding carboxylic acids is 2. The van der Waals surface area contributed by atoms with Crippen LogP contribution in [0.4, 0.5) is 4.79 Å². The summed E-state index contributed by atoms with van der Waals surface area (Å²) in [6.45, 7) is 10.4. The number of alkyl carbamates (subject to hydrolysis) is 1. The van der Waals surface area contributed by atoms with Crippen LogP contribution in [-0.4, -0.2) is 80.6 Å². The van der Waals surface area contributed by atoms with Crippen molar-refractivity contribution in [3.8, 4) is 0 Å². The zero-order valence-electron chi connectivity index (χ0n) is 22.0. The van der Waals surface area contributed by atoms with E-state index in [1.807, 2.05) is 19.3 Å². The topological polar surface area (TPSA) is 131 Å². The molecule has 1 saturated heterocycles. The number of unbranched alkanes of at least 4 members (excludes halogenated alkanes) is 3. The summed E-state index contributed by atoms with van der Waals surface area (Å²) in [6.07, 6.45) is 5.94. The van der Waals surface area contributed by atoms with E-state index >= 15 is 0 Å². The number of nitrogens with one attached hydrogen (secondary N) is 3. The summed E-state index contributed by atoms with van der Waals surface area (Å²) in [7, 11) is 1.66. The average molecular weight is 500 g/mol. The van der Waals surface area contributed by atoms with Gasteiger partial charge in [-0.05, 0) is 53.4 Å². The van der Waals surface area contributed by atoms with E-state index < -0.39 is 11.7 Å². The predicted octanol–water partition coefficient (Wildman–Crippen LogP) is 2.69. The second-order valence-corrected chi connectivity index (χ2v) is 10.2. The van der Waals surface area contributed by atoms with E-state index in [4.69, 9.17) is 24.2 Å². The van der Waals surface area contributed by atoms with Gasteiger partial charge in [-0.15, -0.1) is 0 Å². The number of epoxide rings is 1. The lowest BCUT2D eigenvalue weighted by Crippen LogP contribution is -2.59. The Morgan fingerprint density at radius 1 is 1.14 bits per heavy atom. The largest absolute Gasteiger partial charge is 0.443 e. The molecule has 0 aromatic heterocycles. The van der Waals surface area contributed by atoms with Crippen LogP contribution in [0.5, 0.6) is 0 Å². The number of carbonyl (C=O) groups is 2. The fourth-order valence-electron chi connectivity index (χ4n) is 4.93. The molecule has 1 spiro atoms. The van der Waals surface area contributed by atoms with Gasteiger partial charge in [-0.1, -0.05) is 24.5 Å².